The fourth-order valence-electron chi connectivity index (χ4n) is 3.73. The second-order valence-corrected chi connectivity index (χ2v) is 7.13. The first-order chi connectivity index (χ1) is 14.5. The minimum atomic E-state index is -0.668. The molecule has 0 spiro atoms. The Labute approximate surface area is 173 Å². The molecule has 0 bridgehead atoms. The lowest BCUT2D eigenvalue weighted by atomic mass is 10.1. The van der Waals surface area contributed by atoms with Gasteiger partial charge in [0.05, 0.1) is 19.3 Å². The molecule has 1 amide bonds. The standard InChI is InChI=1S/C22H22F2N4O2/c1-30-20-5-3-2-4-18(20)26-21(29)14-27-8-10-28(11-9-27)19-6-7-25-22-16(19)12-15(23)13-17(22)24/h2-7,12-13H,8-11,14H2,1H3,(H,26,29). The largest absolute Gasteiger partial charge is 0.495 e. The van der Waals surface area contributed by atoms with Gasteiger partial charge in [0.15, 0.2) is 5.82 Å². The van der Waals surface area contributed by atoms with Gasteiger partial charge in [-0.3, -0.25) is 14.7 Å². The van der Waals surface area contributed by atoms with Crippen LogP contribution in [0.4, 0.5) is 20.2 Å². The summed E-state index contributed by atoms with van der Waals surface area (Å²) in [5, 5.41) is 3.33. The summed E-state index contributed by atoms with van der Waals surface area (Å²) in [6.45, 7) is 2.84. The molecule has 156 valence electrons. The highest BCUT2D eigenvalue weighted by Gasteiger charge is 2.22. The van der Waals surface area contributed by atoms with Crippen LogP contribution >= 0.6 is 0 Å². The molecule has 0 radical (unpaired) electrons. The van der Waals surface area contributed by atoms with Crippen molar-refractivity contribution < 1.29 is 18.3 Å². The Hall–Kier alpha value is -3.26. The average molecular weight is 412 g/mol. The molecule has 4 rings (SSSR count). The van der Waals surface area contributed by atoms with E-state index in [-0.39, 0.29) is 18.0 Å². The maximum absolute atomic E-state index is 14.1. The van der Waals surface area contributed by atoms with Gasteiger partial charge in [0.25, 0.3) is 0 Å². The summed E-state index contributed by atoms with van der Waals surface area (Å²) >= 11 is 0. The molecule has 1 aliphatic rings. The van der Waals surface area contributed by atoms with Crippen LogP contribution in [0.5, 0.6) is 5.75 Å². The zero-order valence-electron chi connectivity index (χ0n) is 16.6. The smallest absolute Gasteiger partial charge is 0.238 e. The number of fused-ring (bicyclic) bond motifs is 1. The van der Waals surface area contributed by atoms with E-state index in [9.17, 15) is 13.6 Å². The zero-order valence-corrected chi connectivity index (χ0v) is 16.6. The summed E-state index contributed by atoms with van der Waals surface area (Å²) in [5.74, 6) is -0.800. The lowest BCUT2D eigenvalue weighted by Crippen LogP contribution is -2.48. The van der Waals surface area contributed by atoms with Crippen LogP contribution in [0.25, 0.3) is 10.9 Å². The van der Waals surface area contributed by atoms with E-state index in [0.29, 0.717) is 43.0 Å². The van der Waals surface area contributed by atoms with Crippen LogP contribution in [0.3, 0.4) is 0 Å². The molecule has 1 fully saturated rings. The van der Waals surface area contributed by atoms with Gasteiger partial charge in [-0.2, -0.15) is 0 Å². The summed E-state index contributed by atoms with van der Waals surface area (Å²) in [6, 6.07) is 11.2. The molecule has 6 nitrogen and oxygen atoms in total. The summed E-state index contributed by atoms with van der Waals surface area (Å²) in [7, 11) is 1.56. The van der Waals surface area contributed by atoms with Crippen LogP contribution in [-0.4, -0.2) is 55.6 Å². The number of hydrogen-bond acceptors (Lipinski definition) is 5. The minimum absolute atomic E-state index is 0.119. The van der Waals surface area contributed by atoms with Crippen LogP contribution in [0.15, 0.2) is 48.7 Å². The van der Waals surface area contributed by atoms with Crippen molar-refractivity contribution in [3.8, 4) is 5.75 Å². The number of amides is 1. The molecule has 2 aromatic carbocycles. The van der Waals surface area contributed by atoms with E-state index >= 15 is 0 Å². The number of nitrogens with one attached hydrogen (secondary N) is 1. The molecule has 1 saturated heterocycles. The Morgan fingerprint density at radius 3 is 2.67 bits per heavy atom. The van der Waals surface area contributed by atoms with Gasteiger partial charge in [0.2, 0.25) is 5.91 Å². The Balaban J connectivity index is 1.40. The zero-order chi connectivity index (χ0) is 21.1. The molecular weight excluding hydrogens is 390 g/mol. The third-order valence-corrected chi connectivity index (χ3v) is 5.20. The number of carbonyl (C=O) groups is 1. The number of pyridine rings is 1. The number of anilines is 2. The SMILES string of the molecule is COc1ccccc1NC(=O)CN1CCN(c2ccnc3c(F)cc(F)cc23)CC1. The van der Waals surface area contributed by atoms with Crippen molar-refractivity contribution in [2.75, 3.05) is 50.1 Å². The number of nitrogens with zero attached hydrogens (tertiary/aromatic N) is 3. The summed E-state index contributed by atoms with van der Waals surface area (Å²) in [6.07, 6.45) is 1.53. The number of piperazine rings is 1. The third-order valence-electron chi connectivity index (χ3n) is 5.20. The fourth-order valence-corrected chi connectivity index (χ4v) is 3.73. The minimum Gasteiger partial charge on any atom is -0.495 e. The quantitative estimate of drug-likeness (QED) is 0.697. The maximum atomic E-state index is 14.1. The second kappa shape index (κ2) is 8.62. The van der Waals surface area contributed by atoms with Gasteiger partial charge < -0.3 is 15.0 Å². The monoisotopic (exact) mass is 412 g/mol. The van der Waals surface area contributed by atoms with Crippen LogP contribution < -0.4 is 15.0 Å². The van der Waals surface area contributed by atoms with Crippen molar-refractivity contribution in [1.82, 2.24) is 9.88 Å². The van der Waals surface area contributed by atoms with Gasteiger partial charge >= 0.3 is 0 Å². The maximum Gasteiger partial charge on any atom is 0.238 e. The van der Waals surface area contributed by atoms with Crippen molar-refractivity contribution in [1.29, 1.82) is 0 Å². The predicted octanol–water partition coefficient (Wildman–Crippen LogP) is 3.28. The van der Waals surface area contributed by atoms with E-state index in [4.69, 9.17) is 4.74 Å². The van der Waals surface area contributed by atoms with Crippen molar-refractivity contribution in [3.63, 3.8) is 0 Å². The molecule has 0 aliphatic carbocycles. The molecular formula is C22H22F2N4O2. The third kappa shape index (κ3) is 4.18. The van der Waals surface area contributed by atoms with E-state index in [1.165, 1.54) is 12.3 Å². The molecule has 1 N–H and O–H groups in total. The molecule has 3 aromatic rings. The van der Waals surface area contributed by atoms with Crippen molar-refractivity contribution in [2.45, 2.75) is 0 Å². The highest BCUT2D eigenvalue weighted by molar-refractivity contribution is 5.94. The normalized spacial score (nSPS) is 14.7. The van der Waals surface area contributed by atoms with Crippen molar-refractivity contribution in [3.05, 3.63) is 60.3 Å². The van der Waals surface area contributed by atoms with Crippen molar-refractivity contribution >= 4 is 28.2 Å². The Bertz CT molecular complexity index is 1070. The van der Waals surface area contributed by atoms with E-state index in [1.54, 1.807) is 25.3 Å². The first-order valence-corrected chi connectivity index (χ1v) is 9.69. The van der Waals surface area contributed by atoms with Gasteiger partial charge in [-0.1, -0.05) is 12.1 Å². The Morgan fingerprint density at radius 1 is 1.13 bits per heavy atom. The van der Waals surface area contributed by atoms with Gasteiger partial charge in [0.1, 0.15) is 17.1 Å². The van der Waals surface area contributed by atoms with Crippen LogP contribution in [0.2, 0.25) is 0 Å². The summed E-state index contributed by atoms with van der Waals surface area (Å²) in [5.41, 5.74) is 1.54. The fraction of sp³-hybridized carbons (Fsp3) is 0.273. The molecule has 1 aliphatic heterocycles. The van der Waals surface area contributed by atoms with Gasteiger partial charge in [-0.05, 0) is 24.3 Å². The number of para-hydroxylation sites is 2. The lowest BCUT2D eigenvalue weighted by molar-refractivity contribution is -0.117. The molecule has 30 heavy (non-hydrogen) atoms. The van der Waals surface area contributed by atoms with E-state index < -0.39 is 11.6 Å². The molecule has 1 aromatic heterocycles. The number of rotatable bonds is 5. The number of carbonyl (C=O) groups excluding carboxylic acids is 1. The molecule has 0 unspecified atom stereocenters. The first-order valence-electron chi connectivity index (χ1n) is 9.69. The summed E-state index contributed by atoms with van der Waals surface area (Å²) in [4.78, 5) is 20.6. The lowest BCUT2D eigenvalue weighted by Gasteiger charge is -2.36. The second-order valence-electron chi connectivity index (χ2n) is 7.13. The number of halogens is 2. The number of methoxy groups -OCH3 is 1. The topological polar surface area (TPSA) is 57.7 Å². The van der Waals surface area contributed by atoms with Gasteiger partial charge in [-0.15, -0.1) is 0 Å². The van der Waals surface area contributed by atoms with Gasteiger partial charge in [-0.25, -0.2) is 8.78 Å². The van der Waals surface area contributed by atoms with Crippen LogP contribution in [0.1, 0.15) is 0 Å². The highest BCUT2D eigenvalue weighted by Crippen LogP contribution is 2.29. The summed E-state index contributed by atoms with van der Waals surface area (Å²) < 4.78 is 33.0. The predicted molar refractivity (Wildman–Crippen MR) is 112 cm³/mol. The van der Waals surface area contributed by atoms with Gasteiger partial charge in [0, 0.05) is 49.5 Å². The molecule has 0 atom stereocenters. The molecule has 0 saturated carbocycles. The first kappa shape index (κ1) is 20.0. The van der Waals surface area contributed by atoms with Crippen LogP contribution in [-0.2, 0) is 4.79 Å². The van der Waals surface area contributed by atoms with E-state index in [2.05, 4.69) is 15.2 Å². The van der Waals surface area contributed by atoms with Crippen molar-refractivity contribution in [2.24, 2.45) is 0 Å². The number of benzene rings is 2. The Morgan fingerprint density at radius 2 is 1.90 bits per heavy atom. The molecule has 2 heterocycles. The average Bonchev–Trinajstić information content (AvgIpc) is 2.74. The number of hydrogen-bond donors (Lipinski definition) is 1. The number of ether oxygens (including phenoxy) is 1. The number of aromatic nitrogens is 1. The highest BCUT2D eigenvalue weighted by atomic mass is 19.1. The van der Waals surface area contributed by atoms with Crippen LogP contribution in [0, 0.1) is 11.6 Å². The van der Waals surface area contributed by atoms with E-state index in [1.807, 2.05) is 17.0 Å². The Kier molecular flexibility index (Phi) is 5.76. The van der Waals surface area contributed by atoms with E-state index in [0.717, 1.165) is 11.8 Å². The molecule has 8 heteroatoms.